The van der Waals surface area contributed by atoms with E-state index in [2.05, 4.69) is 40.2 Å². The van der Waals surface area contributed by atoms with Gasteiger partial charge in [-0.15, -0.1) is 0 Å². The molecule has 3 rings (SSSR count). The summed E-state index contributed by atoms with van der Waals surface area (Å²) < 4.78 is 4.68. The third-order valence-electron chi connectivity index (χ3n) is 3.65. The van der Waals surface area contributed by atoms with E-state index in [1.807, 2.05) is 13.0 Å². The normalized spacial score (nSPS) is 11.1. The second kappa shape index (κ2) is 6.88. The van der Waals surface area contributed by atoms with E-state index in [1.165, 1.54) is 12.5 Å². The average Bonchev–Trinajstić information content (AvgIpc) is 3.08. The Morgan fingerprint density at radius 2 is 2.20 bits per heavy atom. The van der Waals surface area contributed by atoms with Crippen molar-refractivity contribution in [1.82, 2.24) is 25.3 Å². The van der Waals surface area contributed by atoms with Gasteiger partial charge in [-0.05, 0) is 29.2 Å². The highest BCUT2D eigenvalue weighted by molar-refractivity contribution is 5.85. The number of nitriles is 1. The van der Waals surface area contributed by atoms with E-state index >= 15 is 0 Å². The average molecular weight is 337 g/mol. The summed E-state index contributed by atoms with van der Waals surface area (Å²) in [5, 5.41) is 19.5. The first kappa shape index (κ1) is 16.3. The molecule has 0 bridgehead atoms. The van der Waals surface area contributed by atoms with Crippen molar-refractivity contribution in [3.8, 4) is 6.07 Å². The van der Waals surface area contributed by atoms with Crippen LogP contribution in [0, 0.1) is 18.3 Å². The minimum atomic E-state index is 0.344. The van der Waals surface area contributed by atoms with Gasteiger partial charge in [-0.25, -0.2) is 19.6 Å². The zero-order chi connectivity index (χ0) is 17.8. The van der Waals surface area contributed by atoms with E-state index in [-0.39, 0.29) is 0 Å². The number of fused-ring (bicyclic) bond motifs is 1. The van der Waals surface area contributed by atoms with Gasteiger partial charge < -0.3 is 11.1 Å². The molecule has 0 aliphatic rings. The lowest BCUT2D eigenvalue weighted by Crippen LogP contribution is -2.08. The van der Waals surface area contributed by atoms with E-state index in [1.54, 1.807) is 7.05 Å². The van der Waals surface area contributed by atoms with Crippen LogP contribution in [0.4, 0.5) is 11.5 Å². The molecule has 0 saturated carbocycles. The van der Waals surface area contributed by atoms with Gasteiger partial charge in [0.25, 0.3) is 0 Å². The molecule has 0 unspecified atom stereocenters. The number of pyridine rings is 1. The van der Waals surface area contributed by atoms with Crippen molar-refractivity contribution in [2.24, 2.45) is 4.99 Å². The fourth-order valence-corrected chi connectivity index (χ4v) is 2.40. The van der Waals surface area contributed by atoms with Gasteiger partial charge in [-0.3, -0.25) is 4.99 Å². The minimum Gasteiger partial charge on any atom is -0.396 e. The van der Waals surface area contributed by atoms with Gasteiger partial charge >= 0.3 is 0 Å². The summed E-state index contributed by atoms with van der Waals surface area (Å²) in [5.74, 6) is 0.986. The Morgan fingerprint density at radius 1 is 1.36 bits per heavy atom. The van der Waals surface area contributed by atoms with Gasteiger partial charge in [0.1, 0.15) is 17.5 Å². The lowest BCUT2D eigenvalue weighted by Gasteiger charge is -2.09. The summed E-state index contributed by atoms with van der Waals surface area (Å²) in [6, 6.07) is 2.04. The maximum Gasteiger partial charge on any atom is 0.226 e. The number of anilines is 2. The number of nitrogens with two attached hydrogens (primary N) is 1. The minimum absolute atomic E-state index is 0.344. The van der Waals surface area contributed by atoms with Crippen LogP contribution >= 0.6 is 0 Å². The number of hydrogen-bond donors (Lipinski definition) is 2. The molecule has 0 atom stereocenters. The summed E-state index contributed by atoms with van der Waals surface area (Å²) in [5.41, 5.74) is 9.43. The van der Waals surface area contributed by atoms with E-state index in [0.29, 0.717) is 46.9 Å². The second-order valence-corrected chi connectivity index (χ2v) is 5.22. The number of nitrogen functional groups attached to an aromatic ring is 1. The summed E-state index contributed by atoms with van der Waals surface area (Å²) in [6.45, 7) is 1.85. The van der Waals surface area contributed by atoms with Crippen LogP contribution in [0.25, 0.3) is 11.2 Å². The molecule has 0 fully saturated rings. The number of aromatic nitrogens is 5. The number of hydrogen-bond acceptors (Lipinski definition) is 9. The molecule has 0 aliphatic carbocycles. The number of aliphatic imine (C=N–C) groups is 1. The standard InChI is InChI=1S/C15H15N9O/c1-8-10(12(17)13-15(21-8)24-25-23-13)3-4-11-19-6-9(5-16)14(22-11)20-7-18-2/h6-7H,3-4,17H2,1-2H3,(H,18,19,20,22). The SMILES string of the molecule is CN=CNc1nc(CCc2c(C)nc3nonc3c2N)ncc1C#N. The van der Waals surface area contributed by atoms with Crippen molar-refractivity contribution in [1.29, 1.82) is 5.26 Å². The Kier molecular flexibility index (Phi) is 4.47. The molecule has 10 nitrogen and oxygen atoms in total. The van der Waals surface area contributed by atoms with Crippen LogP contribution in [0.2, 0.25) is 0 Å². The molecular weight excluding hydrogens is 322 g/mol. The second-order valence-electron chi connectivity index (χ2n) is 5.22. The maximum absolute atomic E-state index is 9.11. The van der Waals surface area contributed by atoms with E-state index in [9.17, 15) is 0 Å². The van der Waals surface area contributed by atoms with E-state index in [4.69, 9.17) is 11.0 Å². The molecule has 3 N–H and O–H groups in total. The van der Waals surface area contributed by atoms with Gasteiger partial charge in [0, 0.05) is 19.2 Å². The van der Waals surface area contributed by atoms with Gasteiger partial charge in [-0.2, -0.15) is 5.26 Å². The van der Waals surface area contributed by atoms with Crippen molar-refractivity contribution in [3.05, 3.63) is 28.8 Å². The maximum atomic E-state index is 9.11. The van der Waals surface area contributed by atoms with Crippen LogP contribution in [0.5, 0.6) is 0 Å². The molecule has 3 aromatic heterocycles. The van der Waals surface area contributed by atoms with E-state index < -0.39 is 0 Å². The smallest absolute Gasteiger partial charge is 0.226 e. The van der Waals surface area contributed by atoms with Crippen molar-refractivity contribution in [3.63, 3.8) is 0 Å². The predicted octanol–water partition coefficient (Wildman–Crippen LogP) is 1.03. The first-order valence-electron chi connectivity index (χ1n) is 7.44. The molecule has 3 heterocycles. The van der Waals surface area contributed by atoms with Crippen LogP contribution < -0.4 is 11.1 Å². The third-order valence-corrected chi connectivity index (χ3v) is 3.65. The zero-order valence-electron chi connectivity index (χ0n) is 13.7. The summed E-state index contributed by atoms with van der Waals surface area (Å²) in [6.07, 6.45) is 4.03. The van der Waals surface area contributed by atoms with Crippen molar-refractivity contribution in [2.45, 2.75) is 19.8 Å². The molecule has 10 heteroatoms. The highest BCUT2D eigenvalue weighted by Crippen LogP contribution is 2.24. The van der Waals surface area contributed by atoms with Crippen LogP contribution in [-0.2, 0) is 12.8 Å². The van der Waals surface area contributed by atoms with Crippen LogP contribution in [0.15, 0.2) is 15.8 Å². The summed E-state index contributed by atoms with van der Waals surface area (Å²) >= 11 is 0. The Balaban J connectivity index is 1.85. The van der Waals surface area contributed by atoms with Gasteiger partial charge in [0.15, 0.2) is 11.3 Å². The highest BCUT2D eigenvalue weighted by Gasteiger charge is 2.15. The topological polar surface area (TPSA) is 152 Å². The fraction of sp³-hybridized carbons (Fsp3) is 0.267. The first-order chi connectivity index (χ1) is 12.1. The molecule has 0 radical (unpaired) electrons. The predicted molar refractivity (Wildman–Crippen MR) is 90.9 cm³/mol. The first-order valence-corrected chi connectivity index (χ1v) is 7.44. The van der Waals surface area contributed by atoms with Crippen LogP contribution in [0.1, 0.15) is 22.6 Å². The van der Waals surface area contributed by atoms with E-state index in [0.717, 1.165) is 11.3 Å². The number of rotatable bonds is 5. The molecule has 0 aromatic carbocycles. The van der Waals surface area contributed by atoms with Gasteiger partial charge in [-0.1, -0.05) is 0 Å². The lowest BCUT2D eigenvalue weighted by atomic mass is 10.1. The monoisotopic (exact) mass is 337 g/mol. The number of aryl methyl sites for hydroxylation is 2. The third kappa shape index (κ3) is 3.20. The van der Waals surface area contributed by atoms with Crippen molar-refractivity contribution < 1.29 is 4.63 Å². The summed E-state index contributed by atoms with van der Waals surface area (Å²) in [4.78, 5) is 16.7. The number of nitrogens with one attached hydrogen (secondary N) is 1. The van der Waals surface area contributed by atoms with Crippen LogP contribution in [-0.4, -0.2) is 38.7 Å². The zero-order valence-corrected chi connectivity index (χ0v) is 13.7. The van der Waals surface area contributed by atoms with Crippen LogP contribution in [0.3, 0.4) is 0 Å². The highest BCUT2D eigenvalue weighted by atomic mass is 16.6. The molecular formula is C15H15N9O. The quantitative estimate of drug-likeness (QED) is 0.513. The van der Waals surface area contributed by atoms with Crippen molar-refractivity contribution >= 4 is 29.0 Å². The molecule has 0 aliphatic heterocycles. The Labute approximate surface area is 142 Å². The Morgan fingerprint density at radius 3 is 2.96 bits per heavy atom. The Bertz CT molecular complexity index is 987. The largest absolute Gasteiger partial charge is 0.396 e. The fourth-order valence-electron chi connectivity index (χ4n) is 2.40. The van der Waals surface area contributed by atoms with Gasteiger partial charge in [0.2, 0.25) is 5.65 Å². The molecule has 0 saturated heterocycles. The Hall–Kier alpha value is -3.61. The molecule has 126 valence electrons. The lowest BCUT2D eigenvalue weighted by molar-refractivity contribution is 0.315. The van der Waals surface area contributed by atoms with Gasteiger partial charge in [0.05, 0.1) is 18.2 Å². The molecule has 0 amide bonds. The molecule has 0 spiro atoms. The van der Waals surface area contributed by atoms with Crippen molar-refractivity contribution in [2.75, 3.05) is 18.1 Å². The number of nitrogens with zero attached hydrogens (tertiary/aromatic N) is 7. The molecule has 3 aromatic rings. The summed E-state index contributed by atoms with van der Waals surface area (Å²) in [7, 11) is 1.62. The molecule has 25 heavy (non-hydrogen) atoms.